The van der Waals surface area contributed by atoms with E-state index in [4.69, 9.17) is 0 Å². The second kappa shape index (κ2) is 4.51. The van der Waals surface area contributed by atoms with Crippen LogP contribution in [0.1, 0.15) is 19.4 Å². The van der Waals surface area contributed by atoms with E-state index in [9.17, 15) is 9.59 Å². The number of benzene rings is 1. The molecule has 0 atom stereocenters. The van der Waals surface area contributed by atoms with E-state index in [1.165, 1.54) is 13.8 Å². The monoisotopic (exact) mass is 187 g/mol. The van der Waals surface area contributed by atoms with Gasteiger partial charge in [0.25, 0.3) is 0 Å². The first-order chi connectivity index (χ1) is 6.61. The first kappa shape index (κ1) is 10.4. The zero-order valence-electron chi connectivity index (χ0n) is 8.20. The van der Waals surface area contributed by atoms with Crippen molar-refractivity contribution in [1.82, 2.24) is 0 Å². The molecule has 71 valence electrons. The lowest BCUT2D eigenvalue weighted by Crippen LogP contribution is -1.99. The van der Waals surface area contributed by atoms with Crippen LogP contribution in [0, 0.1) is 6.08 Å². The van der Waals surface area contributed by atoms with Crippen molar-refractivity contribution in [2.75, 3.05) is 0 Å². The molecule has 1 rings (SSSR count). The van der Waals surface area contributed by atoms with Gasteiger partial charge in [0.2, 0.25) is 0 Å². The van der Waals surface area contributed by atoms with Crippen molar-refractivity contribution in [3.63, 3.8) is 0 Å². The minimum atomic E-state index is -0.237. The second-order valence-electron chi connectivity index (χ2n) is 2.98. The Bertz CT molecular complexity index is 375. The Kier molecular flexibility index (Phi) is 3.35. The van der Waals surface area contributed by atoms with Crippen molar-refractivity contribution in [1.29, 1.82) is 0 Å². The Morgan fingerprint density at radius 2 is 1.64 bits per heavy atom. The lowest BCUT2D eigenvalue weighted by atomic mass is 10.0. The van der Waals surface area contributed by atoms with Gasteiger partial charge >= 0.3 is 0 Å². The van der Waals surface area contributed by atoms with Gasteiger partial charge in [-0.25, -0.2) is 0 Å². The van der Waals surface area contributed by atoms with E-state index in [2.05, 4.69) is 6.08 Å². The summed E-state index contributed by atoms with van der Waals surface area (Å²) in [6.07, 6.45) is 2.52. The van der Waals surface area contributed by atoms with Gasteiger partial charge in [-0.05, 0) is 19.4 Å². The van der Waals surface area contributed by atoms with Crippen molar-refractivity contribution in [3.05, 3.63) is 42.0 Å². The smallest absolute Gasteiger partial charge is 0.161 e. The number of hydrogen-bond acceptors (Lipinski definition) is 2. The van der Waals surface area contributed by atoms with Gasteiger partial charge < -0.3 is 0 Å². The third-order valence-corrected chi connectivity index (χ3v) is 1.72. The van der Waals surface area contributed by atoms with E-state index in [0.717, 1.165) is 5.56 Å². The highest BCUT2D eigenvalue weighted by Crippen LogP contribution is 2.14. The van der Waals surface area contributed by atoms with Crippen LogP contribution >= 0.6 is 0 Å². The summed E-state index contributed by atoms with van der Waals surface area (Å²) in [6.45, 7) is 2.81. The number of hydrogen-bond donors (Lipinski definition) is 0. The fourth-order valence-corrected chi connectivity index (χ4v) is 1.14. The minimum Gasteiger partial charge on any atom is -0.294 e. The molecule has 0 unspecified atom stereocenters. The molecule has 1 radical (unpaired) electrons. The van der Waals surface area contributed by atoms with Crippen molar-refractivity contribution in [2.45, 2.75) is 13.8 Å². The van der Waals surface area contributed by atoms with Crippen LogP contribution in [0.2, 0.25) is 0 Å². The Morgan fingerprint density at radius 3 is 2.07 bits per heavy atom. The number of Topliss-reactive ketones (excluding diaryl/α,β-unsaturated/α-hetero) is 2. The lowest BCUT2D eigenvalue weighted by Gasteiger charge is -2.01. The molecule has 0 fully saturated rings. The molecule has 14 heavy (non-hydrogen) atoms. The summed E-state index contributed by atoms with van der Waals surface area (Å²) >= 11 is 0. The maximum absolute atomic E-state index is 11.2. The van der Waals surface area contributed by atoms with Gasteiger partial charge in [-0.1, -0.05) is 30.3 Å². The third kappa shape index (κ3) is 2.66. The van der Waals surface area contributed by atoms with Crippen molar-refractivity contribution < 1.29 is 9.59 Å². The Balaban J connectivity index is 3.14. The molecule has 0 aliphatic rings. The average molecular weight is 187 g/mol. The quantitative estimate of drug-likeness (QED) is 0.679. The summed E-state index contributed by atoms with van der Waals surface area (Å²) in [5, 5.41) is 0. The van der Waals surface area contributed by atoms with Crippen molar-refractivity contribution in [3.8, 4) is 0 Å². The van der Waals surface area contributed by atoms with E-state index in [-0.39, 0.29) is 11.6 Å². The highest BCUT2D eigenvalue weighted by atomic mass is 16.1. The van der Waals surface area contributed by atoms with Crippen LogP contribution in [0.5, 0.6) is 0 Å². The van der Waals surface area contributed by atoms with Crippen LogP contribution in [-0.4, -0.2) is 11.6 Å². The molecule has 2 nitrogen and oxygen atoms in total. The molecule has 0 bridgehead atoms. The highest BCUT2D eigenvalue weighted by Gasteiger charge is 2.07. The molecular weight excluding hydrogens is 176 g/mol. The van der Waals surface area contributed by atoms with Gasteiger partial charge in [-0.2, -0.15) is 0 Å². The molecule has 0 aromatic heterocycles. The third-order valence-electron chi connectivity index (χ3n) is 1.72. The molecule has 0 saturated heterocycles. The molecule has 2 heteroatoms. The van der Waals surface area contributed by atoms with Gasteiger partial charge in [-0.15, -0.1) is 0 Å². The average Bonchev–Trinajstić information content (AvgIpc) is 2.15. The summed E-state index contributed by atoms with van der Waals surface area (Å²) in [5.74, 6) is -0.384. The predicted molar refractivity (Wildman–Crippen MR) is 54.5 cm³/mol. The molecule has 0 aliphatic carbocycles. The molecule has 0 heterocycles. The van der Waals surface area contributed by atoms with E-state index in [1.54, 1.807) is 12.1 Å². The molecule has 0 aliphatic heterocycles. The maximum Gasteiger partial charge on any atom is 0.161 e. The van der Waals surface area contributed by atoms with Gasteiger partial charge in [0, 0.05) is 11.6 Å². The second-order valence-corrected chi connectivity index (χ2v) is 2.98. The van der Waals surface area contributed by atoms with Crippen molar-refractivity contribution in [2.24, 2.45) is 0 Å². The van der Waals surface area contributed by atoms with E-state index in [1.807, 2.05) is 18.2 Å². The summed E-state index contributed by atoms with van der Waals surface area (Å²) in [7, 11) is 0. The molecule has 0 N–H and O–H groups in total. The molecule has 1 aromatic rings. The zero-order valence-corrected chi connectivity index (χ0v) is 8.20. The molecule has 0 saturated carbocycles. The van der Waals surface area contributed by atoms with E-state index >= 15 is 0 Å². The Labute approximate surface area is 83.3 Å². The summed E-state index contributed by atoms with van der Waals surface area (Å²) in [5.41, 5.74) is 1.08. The molecule has 0 spiro atoms. The topological polar surface area (TPSA) is 34.1 Å². The maximum atomic E-state index is 11.2. The largest absolute Gasteiger partial charge is 0.294 e. The Hall–Kier alpha value is -1.70. The van der Waals surface area contributed by atoms with Crippen LogP contribution in [0.4, 0.5) is 0 Å². The van der Waals surface area contributed by atoms with Crippen LogP contribution < -0.4 is 0 Å². The van der Waals surface area contributed by atoms with Crippen LogP contribution in [0.15, 0.2) is 30.3 Å². The highest BCUT2D eigenvalue weighted by molar-refractivity contribution is 6.21. The Morgan fingerprint density at radius 1 is 1.07 bits per heavy atom. The molecule has 0 amide bonds. The fourth-order valence-electron chi connectivity index (χ4n) is 1.14. The molecular formula is C12H11O2. The normalized spacial score (nSPS) is 11.1. The first-order valence-corrected chi connectivity index (χ1v) is 4.32. The first-order valence-electron chi connectivity index (χ1n) is 4.32. The predicted octanol–water partition coefficient (Wildman–Crippen LogP) is 2.05. The van der Waals surface area contributed by atoms with Crippen LogP contribution in [0.3, 0.4) is 0 Å². The summed E-state index contributed by atoms with van der Waals surface area (Å²) in [6, 6.07) is 9.06. The SMILES string of the molecule is CC(=O)[C]=C(C(C)=O)c1ccccc1. The number of carbonyl (C=O) groups excluding carboxylic acids is 2. The van der Waals surface area contributed by atoms with Gasteiger partial charge in [0.05, 0.1) is 0 Å². The van der Waals surface area contributed by atoms with E-state index in [0.29, 0.717) is 5.57 Å². The van der Waals surface area contributed by atoms with E-state index < -0.39 is 0 Å². The number of carbonyl (C=O) groups is 2. The van der Waals surface area contributed by atoms with Crippen LogP contribution in [0.25, 0.3) is 5.57 Å². The van der Waals surface area contributed by atoms with Gasteiger partial charge in [0.15, 0.2) is 11.6 Å². The lowest BCUT2D eigenvalue weighted by molar-refractivity contribution is -0.114. The fraction of sp³-hybridized carbons (Fsp3) is 0.167. The summed E-state index contributed by atoms with van der Waals surface area (Å²) < 4.78 is 0. The minimum absolute atomic E-state index is 0.147. The van der Waals surface area contributed by atoms with Crippen LogP contribution in [-0.2, 0) is 9.59 Å². The zero-order chi connectivity index (χ0) is 10.6. The number of allylic oxidation sites excluding steroid dienone is 2. The number of ketones is 2. The standard InChI is InChI=1S/C12H11O2/c1-9(13)8-12(10(2)14)11-6-4-3-5-7-11/h3-7H,1-2H3. The van der Waals surface area contributed by atoms with Gasteiger partial charge in [-0.3, -0.25) is 9.59 Å². The number of rotatable bonds is 3. The molecule has 1 aromatic carbocycles. The van der Waals surface area contributed by atoms with Gasteiger partial charge in [0.1, 0.15) is 0 Å². The summed E-state index contributed by atoms with van der Waals surface area (Å²) in [4.78, 5) is 22.1. The van der Waals surface area contributed by atoms with Crippen molar-refractivity contribution >= 4 is 17.1 Å².